The van der Waals surface area contributed by atoms with Crippen LogP contribution in [-0.4, -0.2) is 101 Å². The zero-order valence-electron chi connectivity index (χ0n) is 25.3. The molecule has 0 aliphatic carbocycles. The van der Waals surface area contributed by atoms with E-state index in [0.29, 0.717) is 75.1 Å². The first-order valence-electron chi connectivity index (χ1n) is 14.9. The van der Waals surface area contributed by atoms with Crippen LogP contribution in [0.1, 0.15) is 28.4 Å². The molecule has 2 aromatic carbocycles. The molecule has 0 radical (unpaired) electrons. The molecule has 0 saturated carbocycles. The molecule has 1 atom stereocenters. The number of piperazine rings is 1. The summed E-state index contributed by atoms with van der Waals surface area (Å²) in [6.07, 6.45) is 2.65. The molecule has 2 aliphatic rings. The maximum atomic E-state index is 13.4. The number of aliphatic carboxylic acids is 1. The summed E-state index contributed by atoms with van der Waals surface area (Å²) in [4.78, 5) is 71.1. The van der Waals surface area contributed by atoms with Gasteiger partial charge in [0.25, 0.3) is 11.6 Å². The van der Waals surface area contributed by atoms with E-state index in [2.05, 4.69) is 20.9 Å². The standard InChI is InChI=1S/C31H34N8O8/c40-28(41)19-25(22-2-1-9-32-20-22)34-29(42)21-3-8-27(36-10-12-37(13-11-36)31(44)38-14-16-47-17-15-38)26(18-21)35-30(43)33-23-4-6-24(7-5-23)39(45)46/h1-9,18,20,25H,10-17,19H2,(H,34,42)(H,40,41)(H2,33,35,43). The number of urea groups is 2. The van der Waals surface area contributed by atoms with Gasteiger partial charge in [-0.25, -0.2) is 9.59 Å². The summed E-state index contributed by atoms with van der Waals surface area (Å²) < 4.78 is 5.35. The van der Waals surface area contributed by atoms with Crippen LogP contribution >= 0.6 is 0 Å². The van der Waals surface area contributed by atoms with Crippen LogP contribution in [0.4, 0.5) is 32.3 Å². The average Bonchev–Trinajstić information content (AvgIpc) is 3.08. The molecule has 4 N–H and O–H groups in total. The van der Waals surface area contributed by atoms with Gasteiger partial charge in [-0.05, 0) is 42.0 Å². The smallest absolute Gasteiger partial charge is 0.323 e. The Balaban J connectivity index is 1.35. The molecule has 246 valence electrons. The van der Waals surface area contributed by atoms with Gasteiger partial charge in [0.15, 0.2) is 0 Å². The number of carbonyl (C=O) groups is 4. The summed E-state index contributed by atoms with van der Waals surface area (Å²) in [7, 11) is 0. The number of aromatic nitrogens is 1. The first-order chi connectivity index (χ1) is 22.7. The fourth-order valence-electron chi connectivity index (χ4n) is 5.35. The number of non-ortho nitro benzene ring substituents is 1. The normalized spacial score (nSPS) is 15.4. The first-order valence-corrected chi connectivity index (χ1v) is 14.9. The molecule has 3 heterocycles. The summed E-state index contributed by atoms with van der Waals surface area (Å²) in [5, 5.41) is 28.6. The summed E-state index contributed by atoms with van der Waals surface area (Å²) in [5.74, 6) is -1.67. The van der Waals surface area contributed by atoms with Crippen molar-refractivity contribution in [1.82, 2.24) is 20.1 Å². The third kappa shape index (κ3) is 8.49. The lowest BCUT2D eigenvalue weighted by Gasteiger charge is -2.39. The van der Waals surface area contributed by atoms with E-state index in [4.69, 9.17) is 4.74 Å². The van der Waals surface area contributed by atoms with Gasteiger partial charge in [0.2, 0.25) is 0 Å². The third-order valence-electron chi connectivity index (χ3n) is 7.79. The second-order valence-corrected chi connectivity index (χ2v) is 10.9. The van der Waals surface area contributed by atoms with Crippen molar-refractivity contribution >= 4 is 46.7 Å². The predicted molar refractivity (Wildman–Crippen MR) is 170 cm³/mol. The number of nitro benzene ring substituents is 1. The van der Waals surface area contributed by atoms with Crippen LogP contribution in [0.3, 0.4) is 0 Å². The van der Waals surface area contributed by atoms with Gasteiger partial charge in [0, 0.05) is 75.0 Å². The summed E-state index contributed by atoms with van der Waals surface area (Å²) in [6, 6.07) is 11.8. The van der Waals surface area contributed by atoms with E-state index in [1.165, 1.54) is 36.5 Å². The highest BCUT2D eigenvalue weighted by molar-refractivity contribution is 6.04. The number of carboxylic acids is 1. The fourth-order valence-corrected chi connectivity index (χ4v) is 5.35. The van der Waals surface area contributed by atoms with Gasteiger partial charge in [-0.1, -0.05) is 6.07 Å². The molecule has 1 unspecified atom stereocenters. The zero-order chi connectivity index (χ0) is 33.3. The molecule has 5 amide bonds. The van der Waals surface area contributed by atoms with E-state index in [-0.39, 0.29) is 23.7 Å². The van der Waals surface area contributed by atoms with Crippen molar-refractivity contribution in [1.29, 1.82) is 0 Å². The summed E-state index contributed by atoms with van der Waals surface area (Å²) >= 11 is 0. The van der Waals surface area contributed by atoms with E-state index < -0.39 is 28.9 Å². The lowest BCUT2D eigenvalue weighted by molar-refractivity contribution is -0.384. The Labute approximate surface area is 269 Å². The number of anilines is 3. The maximum absolute atomic E-state index is 13.4. The SMILES string of the molecule is O=C(O)CC(NC(=O)c1ccc(N2CCN(C(=O)N3CCOCC3)CC2)c(NC(=O)Nc2ccc([N+](=O)[O-])cc2)c1)c1cccnc1. The van der Waals surface area contributed by atoms with E-state index in [1.54, 1.807) is 40.3 Å². The highest BCUT2D eigenvalue weighted by atomic mass is 16.6. The van der Waals surface area contributed by atoms with Gasteiger partial charge in [0.05, 0.1) is 42.0 Å². The zero-order valence-corrected chi connectivity index (χ0v) is 25.3. The number of nitro groups is 1. The fraction of sp³-hybridized carbons (Fsp3) is 0.323. The number of carboxylic acid groups (broad SMARTS) is 1. The maximum Gasteiger partial charge on any atom is 0.323 e. The van der Waals surface area contributed by atoms with Gasteiger partial charge in [-0.3, -0.25) is 24.7 Å². The van der Waals surface area contributed by atoms with Gasteiger partial charge in [-0.2, -0.15) is 0 Å². The minimum absolute atomic E-state index is 0.0506. The lowest BCUT2D eigenvalue weighted by Crippen LogP contribution is -2.55. The van der Waals surface area contributed by atoms with Gasteiger partial charge in [-0.15, -0.1) is 0 Å². The lowest BCUT2D eigenvalue weighted by atomic mass is 10.0. The van der Waals surface area contributed by atoms with Gasteiger partial charge < -0.3 is 40.5 Å². The van der Waals surface area contributed by atoms with Crippen molar-refractivity contribution < 1.29 is 33.9 Å². The molecule has 0 bridgehead atoms. The van der Waals surface area contributed by atoms with Crippen LogP contribution in [0.25, 0.3) is 0 Å². The summed E-state index contributed by atoms with van der Waals surface area (Å²) in [6.45, 7) is 3.88. The van der Waals surface area contributed by atoms with Crippen molar-refractivity contribution in [2.75, 3.05) is 68.0 Å². The molecular formula is C31H34N8O8. The second kappa shape index (κ2) is 15.0. The van der Waals surface area contributed by atoms with Crippen LogP contribution in [-0.2, 0) is 9.53 Å². The van der Waals surface area contributed by atoms with Crippen LogP contribution in [0.15, 0.2) is 67.0 Å². The Hall–Kier alpha value is -5.77. The molecule has 0 spiro atoms. The number of pyridine rings is 1. The van der Waals surface area contributed by atoms with Crippen molar-refractivity contribution in [2.45, 2.75) is 12.5 Å². The number of ether oxygens (including phenoxy) is 1. The number of amides is 5. The average molecular weight is 647 g/mol. The van der Waals surface area contributed by atoms with Crippen LogP contribution in [0.5, 0.6) is 0 Å². The number of nitrogens with one attached hydrogen (secondary N) is 3. The number of rotatable bonds is 9. The quantitative estimate of drug-likeness (QED) is 0.198. The van der Waals surface area contributed by atoms with Crippen LogP contribution in [0.2, 0.25) is 0 Å². The highest BCUT2D eigenvalue weighted by Gasteiger charge is 2.28. The van der Waals surface area contributed by atoms with Crippen LogP contribution < -0.4 is 20.9 Å². The first kappa shape index (κ1) is 32.6. The minimum Gasteiger partial charge on any atom is -0.481 e. The van der Waals surface area contributed by atoms with E-state index >= 15 is 0 Å². The monoisotopic (exact) mass is 646 g/mol. The third-order valence-corrected chi connectivity index (χ3v) is 7.79. The molecule has 2 saturated heterocycles. The Morgan fingerprint density at radius 2 is 1.64 bits per heavy atom. The van der Waals surface area contributed by atoms with Crippen molar-refractivity contribution in [3.05, 3.63) is 88.2 Å². The molecule has 16 nitrogen and oxygen atoms in total. The number of hydrogen-bond acceptors (Lipinski definition) is 9. The predicted octanol–water partition coefficient (Wildman–Crippen LogP) is 3.15. The Morgan fingerprint density at radius 1 is 0.936 bits per heavy atom. The van der Waals surface area contributed by atoms with E-state index in [1.807, 2.05) is 4.90 Å². The van der Waals surface area contributed by atoms with Crippen LogP contribution in [0, 0.1) is 10.1 Å². The van der Waals surface area contributed by atoms with Crippen molar-refractivity contribution in [2.24, 2.45) is 0 Å². The van der Waals surface area contributed by atoms with Crippen molar-refractivity contribution in [3.63, 3.8) is 0 Å². The highest BCUT2D eigenvalue weighted by Crippen LogP contribution is 2.30. The number of morpholine rings is 1. The molecule has 1 aromatic heterocycles. The largest absolute Gasteiger partial charge is 0.481 e. The number of nitrogens with zero attached hydrogens (tertiary/aromatic N) is 5. The van der Waals surface area contributed by atoms with Gasteiger partial charge >= 0.3 is 18.0 Å². The molecule has 3 aromatic rings. The topological polar surface area (TPSA) is 200 Å². The van der Waals surface area contributed by atoms with Gasteiger partial charge in [0.1, 0.15) is 0 Å². The molecule has 2 fully saturated rings. The Morgan fingerprint density at radius 3 is 2.28 bits per heavy atom. The van der Waals surface area contributed by atoms with E-state index in [0.717, 1.165) is 0 Å². The molecule has 47 heavy (non-hydrogen) atoms. The Kier molecular flexibility index (Phi) is 10.4. The molecular weight excluding hydrogens is 612 g/mol. The summed E-state index contributed by atoms with van der Waals surface area (Å²) in [5.41, 5.74) is 1.77. The number of carbonyl (C=O) groups excluding carboxylic acids is 3. The van der Waals surface area contributed by atoms with Crippen molar-refractivity contribution in [3.8, 4) is 0 Å². The number of hydrogen-bond donors (Lipinski definition) is 4. The molecule has 2 aliphatic heterocycles. The molecule has 5 rings (SSSR count). The minimum atomic E-state index is -1.11. The second-order valence-electron chi connectivity index (χ2n) is 10.9. The van der Waals surface area contributed by atoms with E-state index in [9.17, 15) is 34.4 Å². The number of benzene rings is 2. The Bertz CT molecular complexity index is 1610. The molecule has 16 heteroatoms.